The molecule has 0 atom stereocenters. The minimum Gasteiger partial charge on any atom is -0.495 e. The number of methoxy groups -OCH3 is 1. The fourth-order valence-corrected chi connectivity index (χ4v) is 4.02. The van der Waals surface area contributed by atoms with Gasteiger partial charge in [0.25, 0.3) is 5.91 Å². The molecule has 0 unspecified atom stereocenters. The molecule has 1 aliphatic rings. The molecule has 1 aromatic carbocycles. The predicted octanol–water partition coefficient (Wildman–Crippen LogP) is 3.85. The smallest absolute Gasteiger partial charge is 0.263 e. The lowest BCUT2D eigenvalue weighted by Gasteiger charge is -2.34. The Morgan fingerprint density at radius 2 is 1.96 bits per heavy atom. The molecule has 1 fully saturated rings. The zero-order chi connectivity index (χ0) is 18.7. The number of thiazole rings is 1. The zero-order valence-electron chi connectivity index (χ0n) is 15.9. The summed E-state index contributed by atoms with van der Waals surface area (Å²) in [7, 11) is 1.70. The minimum absolute atomic E-state index is 0.00579. The van der Waals surface area contributed by atoms with Crippen molar-refractivity contribution < 1.29 is 9.53 Å². The molecule has 26 heavy (non-hydrogen) atoms. The van der Waals surface area contributed by atoms with Crippen molar-refractivity contribution in [2.75, 3.05) is 25.1 Å². The first-order valence-corrected chi connectivity index (χ1v) is 9.85. The number of para-hydroxylation sites is 2. The van der Waals surface area contributed by atoms with Gasteiger partial charge in [-0.2, -0.15) is 0 Å². The van der Waals surface area contributed by atoms with Crippen molar-refractivity contribution in [3.63, 3.8) is 0 Å². The van der Waals surface area contributed by atoms with Crippen LogP contribution in [0.25, 0.3) is 0 Å². The Kier molecular flexibility index (Phi) is 5.51. The minimum atomic E-state index is -0.0245. The van der Waals surface area contributed by atoms with Crippen LogP contribution in [0.4, 0.5) is 5.69 Å². The quantitative estimate of drug-likeness (QED) is 0.884. The topological polar surface area (TPSA) is 54.5 Å². The fraction of sp³-hybridized carbons (Fsp3) is 0.500. The normalized spacial score (nSPS) is 15.8. The molecule has 3 rings (SSSR count). The van der Waals surface area contributed by atoms with Gasteiger partial charge in [-0.1, -0.05) is 32.9 Å². The summed E-state index contributed by atoms with van der Waals surface area (Å²) in [5.74, 6) is 0.892. The molecule has 1 saturated heterocycles. The van der Waals surface area contributed by atoms with Gasteiger partial charge in [-0.3, -0.25) is 4.79 Å². The highest BCUT2D eigenvalue weighted by Crippen LogP contribution is 2.30. The first kappa shape index (κ1) is 18.7. The molecular formula is C20H27N3O2S. The number of amides is 1. The Labute approximate surface area is 159 Å². The van der Waals surface area contributed by atoms with Crippen LogP contribution in [0.1, 0.15) is 48.3 Å². The highest BCUT2D eigenvalue weighted by Gasteiger charge is 2.25. The molecule has 0 bridgehead atoms. The number of aromatic nitrogens is 1. The van der Waals surface area contributed by atoms with Crippen molar-refractivity contribution in [1.29, 1.82) is 0 Å². The average molecular weight is 374 g/mol. The van der Waals surface area contributed by atoms with Crippen LogP contribution >= 0.6 is 11.3 Å². The number of ether oxygens (including phenoxy) is 1. The van der Waals surface area contributed by atoms with Crippen LogP contribution in [0, 0.1) is 0 Å². The van der Waals surface area contributed by atoms with E-state index in [9.17, 15) is 4.79 Å². The highest BCUT2D eigenvalue weighted by molar-refractivity contribution is 7.13. The Bertz CT molecular complexity index is 758. The molecule has 1 amide bonds. The van der Waals surface area contributed by atoms with E-state index in [4.69, 9.17) is 4.74 Å². The van der Waals surface area contributed by atoms with Crippen LogP contribution < -0.4 is 15.0 Å². The van der Waals surface area contributed by atoms with E-state index in [0.717, 1.165) is 42.4 Å². The SMILES string of the molecule is COc1ccccc1N1CCC(NC(=O)c2cnc(C(C)(C)C)s2)CC1. The molecule has 0 radical (unpaired) electrons. The number of hydrogen-bond acceptors (Lipinski definition) is 5. The van der Waals surface area contributed by atoms with Gasteiger partial charge < -0.3 is 15.0 Å². The Morgan fingerprint density at radius 1 is 1.27 bits per heavy atom. The average Bonchev–Trinajstić information content (AvgIpc) is 3.13. The van der Waals surface area contributed by atoms with E-state index in [-0.39, 0.29) is 17.4 Å². The third-order valence-electron chi connectivity index (χ3n) is 4.63. The summed E-state index contributed by atoms with van der Waals surface area (Å²) in [6, 6.07) is 8.29. The number of rotatable bonds is 4. The summed E-state index contributed by atoms with van der Waals surface area (Å²) in [6.45, 7) is 8.14. The summed E-state index contributed by atoms with van der Waals surface area (Å²) in [6.07, 6.45) is 3.55. The summed E-state index contributed by atoms with van der Waals surface area (Å²) >= 11 is 1.49. The molecular weight excluding hydrogens is 346 g/mol. The number of carbonyl (C=O) groups is 1. The molecule has 5 nitrogen and oxygen atoms in total. The molecule has 1 aromatic heterocycles. The van der Waals surface area contributed by atoms with E-state index in [1.165, 1.54) is 11.3 Å². The largest absolute Gasteiger partial charge is 0.495 e. The lowest BCUT2D eigenvalue weighted by molar-refractivity contribution is 0.0935. The van der Waals surface area contributed by atoms with Crippen LogP contribution in [-0.2, 0) is 5.41 Å². The standard InChI is InChI=1S/C20H27N3O2S/c1-20(2,3)19-21-13-17(26-19)18(24)22-14-9-11-23(12-10-14)15-7-5-6-8-16(15)25-4/h5-8,13-14H,9-12H2,1-4H3,(H,22,24). The van der Waals surface area contributed by atoms with Crippen molar-refractivity contribution in [2.24, 2.45) is 0 Å². The fourth-order valence-electron chi connectivity index (χ4n) is 3.14. The lowest BCUT2D eigenvalue weighted by Crippen LogP contribution is -2.44. The molecule has 0 saturated carbocycles. The second kappa shape index (κ2) is 7.66. The van der Waals surface area contributed by atoms with E-state index in [2.05, 4.69) is 42.0 Å². The number of nitrogens with one attached hydrogen (secondary N) is 1. The summed E-state index contributed by atoms with van der Waals surface area (Å²) in [5, 5.41) is 4.17. The maximum atomic E-state index is 12.5. The summed E-state index contributed by atoms with van der Waals surface area (Å²) in [4.78, 5) is 20.0. The van der Waals surface area contributed by atoms with Gasteiger partial charge >= 0.3 is 0 Å². The monoisotopic (exact) mass is 373 g/mol. The van der Waals surface area contributed by atoms with E-state index in [1.807, 2.05) is 18.2 Å². The van der Waals surface area contributed by atoms with Gasteiger partial charge in [-0.05, 0) is 25.0 Å². The van der Waals surface area contributed by atoms with Gasteiger partial charge in [0.15, 0.2) is 0 Å². The van der Waals surface area contributed by atoms with Gasteiger partial charge in [0.1, 0.15) is 10.6 Å². The Balaban J connectivity index is 1.57. The zero-order valence-corrected chi connectivity index (χ0v) is 16.7. The second-order valence-electron chi connectivity index (χ2n) is 7.69. The van der Waals surface area contributed by atoms with Crippen LogP contribution in [-0.4, -0.2) is 37.1 Å². The number of piperidine rings is 1. The molecule has 2 aromatic rings. The van der Waals surface area contributed by atoms with Gasteiger partial charge in [-0.25, -0.2) is 4.98 Å². The van der Waals surface area contributed by atoms with Gasteiger partial charge in [-0.15, -0.1) is 11.3 Å². The number of benzene rings is 1. The van der Waals surface area contributed by atoms with E-state index >= 15 is 0 Å². The molecule has 1 aliphatic heterocycles. The third kappa shape index (κ3) is 4.18. The van der Waals surface area contributed by atoms with Crippen LogP contribution in [0.5, 0.6) is 5.75 Å². The van der Waals surface area contributed by atoms with Gasteiger partial charge in [0, 0.05) is 24.5 Å². The number of carbonyl (C=O) groups excluding carboxylic acids is 1. The molecule has 0 spiro atoms. The van der Waals surface area contributed by atoms with E-state index < -0.39 is 0 Å². The van der Waals surface area contributed by atoms with Crippen LogP contribution in [0.15, 0.2) is 30.5 Å². The highest BCUT2D eigenvalue weighted by atomic mass is 32.1. The van der Waals surface area contributed by atoms with Crippen LogP contribution in [0.2, 0.25) is 0 Å². The van der Waals surface area contributed by atoms with Crippen molar-refractivity contribution in [3.8, 4) is 5.75 Å². The predicted molar refractivity (Wildman–Crippen MR) is 107 cm³/mol. The van der Waals surface area contributed by atoms with Crippen molar-refractivity contribution in [2.45, 2.75) is 45.1 Å². The maximum absolute atomic E-state index is 12.5. The van der Waals surface area contributed by atoms with E-state index in [1.54, 1.807) is 13.3 Å². The molecule has 0 aliphatic carbocycles. The molecule has 6 heteroatoms. The first-order valence-electron chi connectivity index (χ1n) is 9.03. The molecule has 1 N–H and O–H groups in total. The van der Waals surface area contributed by atoms with E-state index in [0.29, 0.717) is 4.88 Å². The van der Waals surface area contributed by atoms with Crippen molar-refractivity contribution >= 4 is 22.9 Å². The summed E-state index contributed by atoms with van der Waals surface area (Å²) in [5.41, 5.74) is 1.10. The first-order chi connectivity index (χ1) is 12.4. The number of nitrogens with zero attached hydrogens (tertiary/aromatic N) is 2. The van der Waals surface area contributed by atoms with Crippen molar-refractivity contribution in [1.82, 2.24) is 10.3 Å². The molecule has 2 heterocycles. The Hall–Kier alpha value is -2.08. The maximum Gasteiger partial charge on any atom is 0.263 e. The van der Waals surface area contributed by atoms with Crippen molar-refractivity contribution in [3.05, 3.63) is 40.3 Å². The second-order valence-corrected chi connectivity index (χ2v) is 8.72. The lowest BCUT2D eigenvalue weighted by atomic mass is 9.98. The number of anilines is 1. The number of hydrogen-bond donors (Lipinski definition) is 1. The Morgan fingerprint density at radius 3 is 2.58 bits per heavy atom. The van der Waals surface area contributed by atoms with Gasteiger partial charge in [0.2, 0.25) is 0 Å². The third-order valence-corrected chi connectivity index (χ3v) is 6.05. The van der Waals surface area contributed by atoms with Crippen LogP contribution in [0.3, 0.4) is 0 Å². The summed E-state index contributed by atoms with van der Waals surface area (Å²) < 4.78 is 5.46. The van der Waals surface area contributed by atoms with Gasteiger partial charge in [0.05, 0.1) is 24.0 Å². The molecule has 140 valence electrons.